The van der Waals surface area contributed by atoms with Crippen LogP contribution in [0.3, 0.4) is 0 Å². The van der Waals surface area contributed by atoms with Gasteiger partial charge in [0.05, 0.1) is 52.9 Å². The van der Waals surface area contributed by atoms with Crippen molar-refractivity contribution in [2.45, 2.75) is 72.1 Å². The van der Waals surface area contributed by atoms with Gasteiger partial charge in [0, 0.05) is 24.0 Å². The molecule has 3 aromatic carbocycles. The molecule has 2 aliphatic rings. The summed E-state index contributed by atoms with van der Waals surface area (Å²) >= 11 is 0. The first-order chi connectivity index (χ1) is 25.0. The van der Waals surface area contributed by atoms with Crippen molar-refractivity contribution in [3.63, 3.8) is 0 Å². The maximum atomic E-state index is 5.97. The average Bonchev–Trinajstić information content (AvgIpc) is 3.12. The van der Waals surface area contributed by atoms with E-state index >= 15 is 0 Å². The molecule has 0 atom stereocenters. The van der Waals surface area contributed by atoms with Crippen LogP contribution in [0.4, 0.5) is 0 Å². The van der Waals surface area contributed by atoms with Gasteiger partial charge >= 0.3 is 0 Å². The molecule has 276 valence electrons. The molecule has 2 saturated heterocycles. The Balaban J connectivity index is 0.937. The van der Waals surface area contributed by atoms with Crippen LogP contribution < -0.4 is 9.47 Å². The Labute approximate surface area is 307 Å². The summed E-state index contributed by atoms with van der Waals surface area (Å²) in [6.07, 6.45) is 17.4. The van der Waals surface area contributed by atoms with Gasteiger partial charge in [-0.2, -0.15) is 0 Å². The van der Waals surface area contributed by atoms with Gasteiger partial charge in [0.25, 0.3) is 0 Å². The maximum absolute atomic E-state index is 5.97. The molecule has 0 amide bonds. The molecule has 0 saturated carbocycles. The second-order valence-electron chi connectivity index (χ2n) is 14.5. The molecule has 0 bridgehead atoms. The lowest BCUT2D eigenvalue weighted by molar-refractivity contribution is -0.150. The van der Waals surface area contributed by atoms with Crippen LogP contribution in [0.25, 0.3) is 24.3 Å². The minimum Gasteiger partial charge on any atom is -0.494 e. The van der Waals surface area contributed by atoms with Crippen LogP contribution in [0, 0.1) is 17.8 Å². The van der Waals surface area contributed by atoms with Crippen molar-refractivity contribution in [3.8, 4) is 11.5 Å². The molecule has 51 heavy (non-hydrogen) atoms. The van der Waals surface area contributed by atoms with E-state index in [-0.39, 0.29) is 10.8 Å². The molecule has 0 aliphatic carbocycles. The quantitative estimate of drug-likeness (QED) is 0.0687. The van der Waals surface area contributed by atoms with Crippen molar-refractivity contribution in [1.29, 1.82) is 0 Å². The van der Waals surface area contributed by atoms with Gasteiger partial charge in [-0.05, 0) is 110 Å². The molecule has 0 spiro atoms. The van der Waals surface area contributed by atoms with Crippen molar-refractivity contribution in [2.75, 3.05) is 66.1 Å². The van der Waals surface area contributed by atoms with E-state index in [9.17, 15) is 0 Å². The predicted octanol–water partition coefficient (Wildman–Crippen LogP) is 10.3. The first-order valence-electron chi connectivity index (χ1n) is 19.2. The Morgan fingerprint density at radius 3 is 1.39 bits per heavy atom. The first-order valence-corrected chi connectivity index (χ1v) is 19.2. The second kappa shape index (κ2) is 20.6. The molecule has 0 unspecified atom stereocenters. The fourth-order valence-corrected chi connectivity index (χ4v) is 6.20. The van der Waals surface area contributed by atoms with Crippen LogP contribution in [-0.4, -0.2) is 66.1 Å². The molecule has 5 rings (SSSR count). The Bertz CT molecular complexity index is 1470. The number of ether oxygens (including phenoxy) is 6. The molecule has 0 aromatic heterocycles. The Morgan fingerprint density at radius 1 is 0.529 bits per heavy atom. The van der Waals surface area contributed by atoms with E-state index in [1.165, 1.54) is 16.7 Å². The van der Waals surface area contributed by atoms with Gasteiger partial charge < -0.3 is 28.4 Å². The van der Waals surface area contributed by atoms with Gasteiger partial charge in [0.2, 0.25) is 0 Å². The predicted molar refractivity (Wildman–Crippen MR) is 209 cm³/mol. The van der Waals surface area contributed by atoms with E-state index in [0.717, 1.165) is 140 Å². The zero-order valence-corrected chi connectivity index (χ0v) is 31.3. The van der Waals surface area contributed by atoms with E-state index in [4.69, 9.17) is 28.4 Å². The third-order valence-electron chi connectivity index (χ3n) is 10.3. The largest absolute Gasteiger partial charge is 0.494 e. The van der Waals surface area contributed by atoms with E-state index in [1.54, 1.807) is 0 Å². The number of hydrogen-bond acceptors (Lipinski definition) is 6. The minimum atomic E-state index is 0.276. The Morgan fingerprint density at radius 2 is 0.961 bits per heavy atom. The van der Waals surface area contributed by atoms with Crippen molar-refractivity contribution in [3.05, 3.63) is 94.5 Å². The van der Waals surface area contributed by atoms with Gasteiger partial charge in [-0.1, -0.05) is 80.6 Å². The highest BCUT2D eigenvalue weighted by atomic mass is 16.5. The molecule has 6 nitrogen and oxygen atoms in total. The molecule has 2 heterocycles. The van der Waals surface area contributed by atoms with Gasteiger partial charge in [0.1, 0.15) is 11.5 Å². The summed E-state index contributed by atoms with van der Waals surface area (Å²) in [5.41, 5.74) is 6.50. The highest BCUT2D eigenvalue weighted by molar-refractivity contribution is 5.74. The third kappa shape index (κ3) is 12.6. The first kappa shape index (κ1) is 38.8. The zero-order chi connectivity index (χ0) is 35.6. The summed E-state index contributed by atoms with van der Waals surface area (Å²) in [7, 11) is 0. The van der Waals surface area contributed by atoms with Crippen molar-refractivity contribution < 1.29 is 28.4 Å². The molecule has 0 radical (unpaired) electrons. The van der Waals surface area contributed by atoms with Crippen LogP contribution in [0.1, 0.15) is 93.0 Å². The lowest BCUT2D eigenvalue weighted by atomic mass is 9.84. The van der Waals surface area contributed by atoms with Gasteiger partial charge in [0.15, 0.2) is 0 Å². The standard InChI is InChI=1S/C45H60O6/c1-4-44(33-48-34-44)31-46-26-8-6-10-28-50-42-22-16-38(17-23-42)12-13-40-15-21-41(37(3)30-40)20-14-39-18-24-43(25-19-39)51-29-11-7-9-27-47-32-45(5-2)35-49-36-45/h12-25,30H,4-11,26-29,31-36H2,1-3H3/b13-12+,20-14+. The number of benzene rings is 3. The smallest absolute Gasteiger partial charge is 0.119 e. The Kier molecular flexibility index (Phi) is 15.7. The highest BCUT2D eigenvalue weighted by Crippen LogP contribution is 2.32. The summed E-state index contributed by atoms with van der Waals surface area (Å²) in [4.78, 5) is 0. The fraction of sp³-hybridized carbons (Fsp3) is 0.511. The summed E-state index contributed by atoms with van der Waals surface area (Å²) < 4.78 is 34.5. The number of unbranched alkanes of at least 4 members (excludes halogenated alkanes) is 4. The normalized spacial score (nSPS) is 16.3. The number of aryl methyl sites for hydroxylation is 1. The SMILES string of the molecule is CCC1(COCCCCCOc2ccc(/C=C/c3ccc(/C=C/c4ccc(OCCCCCOCC5(CC)COC5)cc4)c(C)c3)cc2)COC1. The summed E-state index contributed by atoms with van der Waals surface area (Å²) in [6.45, 7) is 14.8. The van der Waals surface area contributed by atoms with Crippen LogP contribution >= 0.6 is 0 Å². The molecule has 2 fully saturated rings. The molecular weight excluding hydrogens is 636 g/mol. The van der Waals surface area contributed by atoms with Crippen molar-refractivity contribution >= 4 is 24.3 Å². The van der Waals surface area contributed by atoms with Crippen LogP contribution in [0.5, 0.6) is 11.5 Å². The summed E-state index contributed by atoms with van der Waals surface area (Å²) in [5.74, 6) is 1.83. The van der Waals surface area contributed by atoms with E-state index < -0.39 is 0 Å². The molecule has 6 heteroatoms. The molecule has 3 aromatic rings. The van der Waals surface area contributed by atoms with Crippen LogP contribution in [0.15, 0.2) is 66.7 Å². The maximum Gasteiger partial charge on any atom is 0.119 e. The zero-order valence-electron chi connectivity index (χ0n) is 31.3. The highest BCUT2D eigenvalue weighted by Gasteiger charge is 2.37. The molecular formula is C45H60O6. The topological polar surface area (TPSA) is 55.4 Å². The summed E-state index contributed by atoms with van der Waals surface area (Å²) in [5, 5.41) is 0. The second-order valence-corrected chi connectivity index (χ2v) is 14.5. The van der Waals surface area contributed by atoms with Gasteiger partial charge in [-0.25, -0.2) is 0 Å². The van der Waals surface area contributed by atoms with Crippen molar-refractivity contribution in [1.82, 2.24) is 0 Å². The lowest BCUT2D eigenvalue weighted by Gasteiger charge is -2.40. The monoisotopic (exact) mass is 696 g/mol. The van der Waals surface area contributed by atoms with E-state index in [0.29, 0.717) is 0 Å². The van der Waals surface area contributed by atoms with Crippen LogP contribution in [-0.2, 0) is 18.9 Å². The van der Waals surface area contributed by atoms with Gasteiger partial charge in [-0.15, -0.1) is 0 Å². The number of rotatable bonds is 24. The average molecular weight is 697 g/mol. The van der Waals surface area contributed by atoms with E-state index in [1.807, 2.05) is 0 Å². The molecule has 2 aliphatic heterocycles. The summed E-state index contributed by atoms with van der Waals surface area (Å²) in [6, 6.07) is 23.3. The number of hydrogen-bond donors (Lipinski definition) is 0. The van der Waals surface area contributed by atoms with Crippen LogP contribution in [0.2, 0.25) is 0 Å². The third-order valence-corrected chi connectivity index (χ3v) is 10.3. The Hall–Kier alpha value is -3.42. The van der Waals surface area contributed by atoms with Crippen molar-refractivity contribution in [2.24, 2.45) is 10.8 Å². The lowest BCUT2D eigenvalue weighted by Crippen LogP contribution is -2.45. The minimum absolute atomic E-state index is 0.276. The van der Waals surface area contributed by atoms with Gasteiger partial charge in [-0.3, -0.25) is 0 Å². The van der Waals surface area contributed by atoms with E-state index in [2.05, 4.69) is 112 Å². The fourth-order valence-electron chi connectivity index (χ4n) is 6.20. The molecule has 0 N–H and O–H groups in total.